The summed E-state index contributed by atoms with van der Waals surface area (Å²) < 4.78 is 5.17. The van der Waals surface area contributed by atoms with Crippen LogP contribution in [0.5, 0.6) is 0 Å². The summed E-state index contributed by atoms with van der Waals surface area (Å²) in [6.45, 7) is 8.14. The smallest absolute Gasteiger partial charge is 0.0900 e. The molecule has 1 heterocycles. The fraction of sp³-hybridized carbons (Fsp3) is 1.00. The molecule has 1 aliphatic heterocycles. The number of β-amino-alcohol motifs (C(OH)–C–C–N with tert-alkyl or cyclic N) is 1. The van der Waals surface area contributed by atoms with Gasteiger partial charge in [-0.2, -0.15) is 0 Å². The Bertz CT molecular complexity index is 147. The second kappa shape index (κ2) is 6.35. The van der Waals surface area contributed by atoms with E-state index >= 15 is 0 Å². The molecule has 0 aliphatic carbocycles. The monoisotopic (exact) mass is 202 g/mol. The summed E-state index contributed by atoms with van der Waals surface area (Å²) in [6.07, 6.45) is -0.335. The van der Waals surface area contributed by atoms with Crippen LogP contribution in [0.15, 0.2) is 0 Å². The summed E-state index contributed by atoms with van der Waals surface area (Å²) in [5, 5.41) is 9.62. The number of rotatable bonds is 5. The Hall–Kier alpha value is -0.160. The Morgan fingerprint density at radius 3 is 2.50 bits per heavy atom. The highest BCUT2D eigenvalue weighted by atomic mass is 16.5. The van der Waals surface area contributed by atoms with Crippen molar-refractivity contribution in [1.82, 2.24) is 9.80 Å². The maximum absolute atomic E-state index is 9.62. The predicted molar refractivity (Wildman–Crippen MR) is 56.4 cm³/mol. The number of ether oxygens (including phenoxy) is 1. The molecule has 0 aromatic carbocycles. The SMILES string of the molecule is CCOC[C@@H](O)CN1CCN(C)CC1. The second-order valence-electron chi connectivity index (χ2n) is 3.92. The van der Waals surface area contributed by atoms with Gasteiger partial charge in [0.25, 0.3) is 0 Å². The van der Waals surface area contributed by atoms with Crippen molar-refractivity contribution in [2.75, 3.05) is 53.0 Å². The van der Waals surface area contributed by atoms with Crippen molar-refractivity contribution in [2.24, 2.45) is 0 Å². The first-order valence-corrected chi connectivity index (χ1v) is 5.39. The third-order valence-electron chi connectivity index (χ3n) is 2.58. The fourth-order valence-electron chi connectivity index (χ4n) is 1.64. The maximum atomic E-state index is 9.62. The molecule has 0 aromatic heterocycles. The zero-order valence-corrected chi connectivity index (χ0v) is 9.28. The van der Waals surface area contributed by atoms with E-state index in [1.54, 1.807) is 0 Å². The molecule has 1 saturated heterocycles. The van der Waals surface area contributed by atoms with Gasteiger partial charge in [-0.3, -0.25) is 4.90 Å². The van der Waals surface area contributed by atoms with E-state index in [-0.39, 0.29) is 6.10 Å². The van der Waals surface area contributed by atoms with Gasteiger partial charge < -0.3 is 14.7 Å². The normalized spacial score (nSPS) is 22.5. The number of aliphatic hydroxyl groups excluding tert-OH is 1. The Morgan fingerprint density at radius 1 is 1.29 bits per heavy atom. The summed E-state index contributed by atoms with van der Waals surface area (Å²) in [4.78, 5) is 4.61. The highest BCUT2D eigenvalue weighted by molar-refractivity contribution is 4.71. The molecule has 1 atom stereocenters. The minimum Gasteiger partial charge on any atom is -0.389 e. The third-order valence-corrected chi connectivity index (χ3v) is 2.58. The van der Waals surface area contributed by atoms with Crippen molar-refractivity contribution < 1.29 is 9.84 Å². The molecule has 1 rings (SSSR count). The summed E-state index contributed by atoms with van der Waals surface area (Å²) >= 11 is 0. The van der Waals surface area contributed by atoms with Crippen LogP contribution in [0, 0.1) is 0 Å². The van der Waals surface area contributed by atoms with Crippen LogP contribution in [0.4, 0.5) is 0 Å². The van der Waals surface area contributed by atoms with Crippen molar-refractivity contribution in [3.8, 4) is 0 Å². The number of piperazine rings is 1. The lowest BCUT2D eigenvalue weighted by atomic mass is 10.3. The Kier molecular flexibility index (Phi) is 5.40. The molecule has 0 bridgehead atoms. The molecule has 0 radical (unpaired) electrons. The van der Waals surface area contributed by atoms with E-state index in [0.29, 0.717) is 13.2 Å². The number of likely N-dealkylation sites (N-methyl/N-ethyl adjacent to an activating group) is 1. The van der Waals surface area contributed by atoms with Crippen LogP contribution in [-0.4, -0.2) is 74.0 Å². The van der Waals surface area contributed by atoms with Crippen LogP contribution in [0.2, 0.25) is 0 Å². The van der Waals surface area contributed by atoms with Gasteiger partial charge >= 0.3 is 0 Å². The predicted octanol–water partition coefficient (Wildman–Crippen LogP) is -0.369. The molecular weight excluding hydrogens is 180 g/mol. The van der Waals surface area contributed by atoms with Gasteiger partial charge in [0.1, 0.15) is 0 Å². The van der Waals surface area contributed by atoms with Gasteiger partial charge in [-0.05, 0) is 14.0 Å². The molecule has 4 nitrogen and oxygen atoms in total. The first-order valence-electron chi connectivity index (χ1n) is 5.39. The largest absolute Gasteiger partial charge is 0.389 e. The quantitative estimate of drug-likeness (QED) is 0.660. The van der Waals surface area contributed by atoms with Crippen molar-refractivity contribution >= 4 is 0 Å². The van der Waals surface area contributed by atoms with Crippen LogP contribution < -0.4 is 0 Å². The van der Waals surface area contributed by atoms with Crippen molar-refractivity contribution in [3.63, 3.8) is 0 Å². The summed E-state index contributed by atoms with van der Waals surface area (Å²) in [7, 11) is 2.13. The first kappa shape index (κ1) is 11.9. The molecule has 0 aromatic rings. The van der Waals surface area contributed by atoms with Crippen molar-refractivity contribution in [2.45, 2.75) is 13.0 Å². The molecule has 1 aliphatic rings. The highest BCUT2D eigenvalue weighted by Gasteiger charge is 2.16. The van der Waals surface area contributed by atoms with Gasteiger partial charge in [-0.15, -0.1) is 0 Å². The van der Waals surface area contributed by atoms with Gasteiger partial charge in [0.15, 0.2) is 0 Å². The Balaban J connectivity index is 2.10. The second-order valence-corrected chi connectivity index (χ2v) is 3.92. The molecule has 0 unspecified atom stereocenters. The molecule has 4 heteroatoms. The van der Waals surface area contributed by atoms with E-state index in [9.17, 15) is 5.11 Å². The van der Waals surface area contributed by atoms with Crippen LogP contribution in [0.3, 0.4) is 0 Å². The lowest BCUT2D eigenvalue weighted by Crippen LogP contribution is -2.47. The number of aliphatic hydroxyl groups is 1. The summed E-state index contributed by atoms with van der Waals surface area (Å²) in [5.41, 5.74) is 0. The van der Waals surface area contributed by atoms with E-state index in [1.165, 1.54) is 0 Å². The van der Waals surface area contributed by atoms with E-state index in [2.05, 4.69) is 16.8 Å². The Labute approximate surface area is 86.4 Å². The number of nitrogens with zero attached hydrogens (tertiary/aromatic N) is 2. The first-order chi connectivity index (χ1) is 6.72. The van der Waals surface area contributed by atoms with Gasteiger partial charge in [0, 0.05) is 39.3 Å². The zero-order valence-electron chi connectivity index (χ0n) is 9.28. The van der Waals surface area contributed by atoms with Gasteiger partial charge in [0.05, 0.1) is 12.7 Å². The third kappa shape index (κ3) is 4.37. The molecule has 84 valence electrons. The standard InChI is InChI=1S/C10H22N2O2/c1-3-14-9-10(13)8-12-6-4-11(2)5-7-12/h10,13H,3-9H2,1-2H3/t10-/m0/s1. The van der Waals surface area contributed by atoms with Crippen LogP contribution in [-0.2, 0) is 4.74 Å². The average molecular weight is 202 g/mol. The van der Waals surface area contributed by atoms with Gasteiger partial charge in [-0.1, -0.05) is 0 Å². The van der Waals surface area contributed by atoms with E-state index in [1.807, 2.05) is 6.92 Å². The molecule has 0 amide bonds. The van der Waals surface area contributed by atoms with Gasteiger partial charge in [0.2, 0.25) is 0 Å². The Morgan fingerprint density at radius 2 is 1.93 bits per heavy atom. The topological polar surface area (TPSA) is 35.9 Å². The summed E-state index contributed by atoms with van der Waals surface area (Å²) in [6, 6.07) is 0. The molecule has 1 N–H and O–H groups in total. The van der Waals surface area contributed by atoms with E-state index < -0.39 is 0 Å². The summed E-state index contributed by atoms with van der Waals surface area (Å²) in [5.74, 6) is 0. The molecule has 0 spiro atoms. The molecule has 1 fully saturated rings. The van der Waals surface area contributed by atoms with Crippen LogP contribution in [0.1, 0.15) is 6.92 Å². The molecule has 0 saturated carbocycles. The molecule has 14 heavy (non-hydrogen) atoms. The van der Waals surface area contributed by atoms with E-state index in [4.69, 9.17) is 4.74 Å². The van der Waals surface area contributed by atoms with E-state index in [0.717, 1.165) is 32.7 Å². The lowest BCUT2D eigenvalue weighted by Gasteiger charge is -2.33. The zero-order chi connectivity index (χ0) is 10.4. The number of hydrogen-bond acceptors (Lipinski definition) is 4. The lowest BCUT2D eigenvalue weighted by molar-refractivity contribution is 0.0127. The minimum absolute atomic E-state index is 0.335. The van der Waals surface area contributed by atoms with Crippen LogP contribution >= 0.6 is 0 Å². The van der Waals surface area contributed by atoms with Gasteiger partial charge in [-0.25, -0.2) is 0 Å². The van der Waals surface area contributed by atoms with Crippen molar-refractivity contribution in [1.29, 1.82) is 0 Å². The molecular formula is C10H22N2O2. The van der Waals surface area contributed by atoms with Crippen molar-refractivity contribution in [3.05, 3.63) is 0 Å². The number of hydrogen-bond donors (Lipinski definition) is 1. The van der Waals surface area contributed by atoms with Crippen LogP contribution in [0.25, 0.3) is 0 Å². The minimum atomic E-state index is -0.335. The highest BCUT2D eigenvalue weighted by Crippen LogP contribution is 2.00. The maximum Gasteiger partial charge on any atom is 0.0900 e. The average Bonchev–Trinajstić information content (AvgIpc) is 2.18. The fourth-order valence-corrected chi connectivity index (χ4v) is 1.64.